The molecule has 0 amide bonds. The number of hydrogen-bond acceptors (Lipinski definition) is 5. The lowest BCUT2D eigenvalue weighted by molar-refractivity contribution is 0.584. The lowest BCUT2D eigenvalue weighted by Crippen LogP contribution is -2.12. The van der Waals surface area contributed by atoms with Gasteiger partial charge in [0.25, 0.3) is 0 Å². The Morgan fingerprint density at radius 2 is 0.531 bits per heavy atom. The molecule has 0 radical (unpaired) electrons. The molecule has 0 unspecified atom stereocenters. The Hall–Kier alpha value is -6.72. The molecule has 234 valence electrons. The monoisotopic (exact) mass is 632 g/mol. The number of rotatable bonds is 9. The number of hydrogen-bond donors (Lipinski definition) is 0. The highest BCUT2D eigenvalue weighted by Gasteiger charge is 2.17. The normalized spacial score (nSPS) is 10.9. The molecule has 0 fully saturated rings. The average molecular weight is 633 g/mol. The minimum Gasteiger partial charge on any atom is -0.416 e. The molecule has 8 aromatic rings. The third kappa shape index (κ3) is 6.33. The van der Waals surface area contributed by atoms with Crippen LogP contribution in [-0.4, -0.2) is 10.2 Å². The van der Waals surface area contributed by atoms with Crippen LogP contribution in [0.5, 0.6) is 0 Å². The molecule has 8 rings (SSSR count). The fraction of sp³-hybridized carbons (Fsp3) is 0. The van der Waals surface area contributed by atoms with Gasteiger partial charge >= 0.3 is 0 Å². The summed E-state index contributed by atoms with van der Waals surface area (Å²) < 4.78 is 6.02. The summed E-state index contributed by atoms with van der Waals surface area (Å²) in [6, 6.07) is 66.9. The molecule has 0 spiro atoms. The van der Waals surface area contributed by atoms with E-state index in [9.17, 15) is 0 Å². The third-order valence-corrected chi connectivity index (χ3v) is 8.45. The van der Waals surface area contributed by atoms with Gasteiger partial charge in [0.15, 0.2) is 0 Å². The summed E-state index contributed by atoms with van der Waals surface area (Å²) in [4.78, 5) is 4.53. The van der Waals surface area contributed by atoms with Crippen molar-refractivity contribution in [3.8, 4) is 34.0 Å². The molecule has 1 heterocycles. The summed E-state index contributed by atoms with van der Waals surface area (Å²) in [6.45, 7) is 0. The predicted molar refractivity (Wildman–Crippen MR) is 200 cm³/mol. The van der Waals surface area contributed by atoms with Gasteiger partial charge in [-0.25, -0.2) is 0 Å². The first kappa shape index (κ1) is 29.7. The van der Waals surface area contributed by atoms with E-state index in [1.165, 1.54) is 11.1 Å². The highest BCUT2D eigenvalue weighted by molar-refractivity contribution is 5.82. The second kappa shape index (κ2) is 13.6. The summed E-state index contributed by atoms with van der Waals surface area (Å²) in [5, 5.41) is 8.58. The lowest BCUT2D eigenvalue weighted by atomic mass is 10.0. The van der Waals surface area contributed by atoms with Crippen molar-refractivity contribution in [2.75, 3.05) is 9.80 Å². The standard InChI is InChI=1S/C44H32N4O/c1-5-13-33(14-6-1)34-21-25-39(26-22-34)47(37-17-9-3-10-18-37)41-29-31-42(32-30-41)48(38-19-11-4-12-20-38)40-27-23-36(24-28-40)44-46-45-43(49-44)35-15-7-2-8-16-35/h1-32H. The van der Waals surface area contributed by atoms with Crippen LogP contribution in [0.2, 0.25) is 0 Å². The van der Waals surface area contributed by atoms with Gasteiger partial charge in [0.1, 0.15) is 0 Å². The molecule has 0 aliphatic heterocycles. The van der Waals surface area contributed by atoms with E-state index in [1.807, 2.05) is 60.7 Å². The molecule has 0 N–H and O–H groups in total. The van der Waals surface area contributed by atoms with E-state index in [0.717, 1.165) is 45.3 Å². The van der Waals surface area contributed by atoms with Crippen LogP contribution in [0.25, 0.3) is 34.0 Å². The van der Waals surface area contributed by atoms with Crippen molar-refractivity contribution in [2.24, 2.45) is 0 Å². The first-order chi connectivity index (χ1) is 24.3. The molecule has 0 bridgehead atoms. The van der Waals surface area contributed by atoms with Crippen LogP contribution in [0, 0.1) is 0 Å². The molecule has 0 saturated carbocycles. The summed E-state index contributed by atoms with van der Waals surface area (Å²) in [5.41, 5.74) is 10.5. The Labute approximate surface area is 286 Å². The summed E-state index contributed by atoms with van der Waals surface area (Å²) >= 11 is 0. The fourth-order valence-corrected chi connectivity index (χ4v) is 6.02. The average Bonchev–Trinajstić information content (AvgIpc) is 3.69. The van der Waals surface area contributed by atoms with Crippen molar-refractivity contribution in [1.82, 2.24) is 10.2 Å². The smallest absolute Gasteiger partial charge is 0.248 e. The third-order valence-electron chi connectivity index (χ3n) is 8.45. The van der Waals surface area contributed by atoms with Crippen LogP contribution < -0.4 is 9.80 Å². The second-order valence-electron chi connectivity index (χ2n) is 11.6. The van der Waals surface area contributed by atoms with E-state index in [0.29, 0.717) is 11.8 Å². The fourth-order valence-electron chi connectivity index (χ4n) is 6.02. The summed E-state index contributed by atoms with van der Waals surface area (Å²) in [7, 11) is 0. The second-order valence-corrected chi connectivity index (χ2v) is 11.6. The largest absolute Gasteiger partial charge is 0.416 e. The first-order valence-corrected chi connectivity index (χ1v) is 16.3. The molecular formula is C44H32N4O. The molecular weight excluding hydrogens is 601 g/mol. The number of benzene rings is 7. The number of aromatic nitrogens is 2. The van der Waals surface area contributed by atoms with Gasteiger partial charge in [-0.3, -0.25) is 0 Å². The Kier molecular flexibility index (Phi) is 8.21. The van der Waals surface area contributed by atoms with Crippen molar-refractivity contribution in [3.63, 3.8) is 0 Å². The zero-order chi connectivity index (χ0) is 32.8. The zero-order valence-corrected chi connectivity index (χ0v) is 26.7. The van der Waals surface area contributed by atoms with E-state index < -0.39 is 0 Å². The quantitative estimate of drug-likeness (QED) is 0.158. The van der Waals surface area contributed by atoms with Crippen LogP contribution in [0.1, 0.15) is 0 Å². The predicted octanol–water partition coefficient (Wildman–Crippen LogP) is 12.0. The molecule has 5 heteroatoms. The topological polar surface area (TPSA) is 45.4 Å². The van der Waals surface area contributed by atoms with Crippen LogP contribution in [0.15, 0.2) is 199 Å². The number of para-hydroxylation sites is 2. The van der Waals surface area contributed by atoms with Gasteiger partial charge in [-0.1, -0.05) is 97.1 Å². The molecule has 1 aromatic heterocycles. The highest BCUT2D eigenvalue weighted by Crippen LogP contribution is 2.40. The van der Waals surface area contributed by atoms with Crippen molar-refractivity contribution >= 4 is 34.1 Å². The van der Waals surface area contributed by atoms with Crippen molar-refractivity contribution in [3.05, 3.63) is 194 Å². The SMILES string of the molecule is c1ccc(-c2ccc(N(c3ccccc3)c3ccc(N(c4ccccc4)c4ccc(-c5nnc(-c6ccccc6)o5)cc4)cc3)cc2)cc1. The zero-order valence-electron chi connectivity index (χ0n) is 26.7. The van der Waals surface area contributed by atoms with Crippen LogP contribution in [0.3, 0.4) is 0 Å². The van der Waals surface area contributed by atoms with Crippen molar-refractivity contribution < 1.29 is 4.42 Å². The van der Waals surface area contributed by atoms with Gasteiger partial charge in [0.2, 0.25) is 11.8 Å². The van der Waals surface area contributed by atoms with Crippen LogP contribution in [-0.2, 0) is 0 Å². The van der Waals surface area contributed by atoms with E-state index in [1.54, 1.807) is 0 Å². The molecule has 0 saturated heterocycles. The van der Waals surface area contributed by atoms with Gasteiger partial charge < -0.3 is 14.2 Å². The lowest BCUT2D eigenvalue weighted by Gasteiger charge is -2.28. The van der Waals surface area contributed by atoms with E-state index in [2.05, 4.69) is 153 Å². The summed E-state index contributed by atoms with van der Waals surface area (Å²) in [5.74, 6) is 0.987. The molecule has 0 aliphatic rings. The Morgan fingerprint density at radius 3 is 0.939 bits per heavy atom. The van der Waals surface area contributed by atoms with Gasteiger partial charge in [-0.15, -0.1) is 10.2 Å². The van der Waals surface area contributed by atoms with Gasteiger partial charge in [-0.05, 0) is 108 Å². The molecule has 0 atom stereocenters. The minimum atomic E-state index is 0.485. The highest BCUT2D eigenvalue weighted by atomic mass is 16.4. The van der Waals surface area contributed by atoms with E-state index in [4.69, 9.17) is 4.42 Å². The van der Waals surface area contributed by atoms with Gasteiger partial charge in [0.05, 0.1) is 0 Å². The number of nitrogens with zero attached hydrogens (tertiary/aromatic N) is 4. The molecule has 49 heavy (non-hydrogen) atoms. The van der Waals surface area contributed by atoms with Gasteiger partial charge in [-0.2, -0.15) is 0 Å². The molecule has 7 aromatic carbocycles. The van der Waals surface area contributed by atoms with Crippen LogP contribution >= 0.6 is 0 Å². The van der Waals surface area contributed by atoms with E-state index >= 15 is 0 Å². The molecule has 5 nitrogen and oxygen atoms in total. The maximum atomic E-state index is 6.02. The Morgan fingerprint density at radius 1 is 0.265 bits per heavy atom. The summed E-state index contributed by atoms with van der Waals surface area (Å²) in [6.07, 6.45) is 0. The number of anilines is 6. The van der Waals surface area contributed by atoms with Crippen molar-refractivity contribution in [1.29, 1.82) is 0 Å². The van der Waals surface area contributed by atoms with Crippen molar-refractivity contribution in [2.45, 2.75) is 0 Å². The maximum Gasteiger partial charge on any atom is 0.248 e. The maximum absolute atomic E-state index is 6.02. The van der Waals surface area contributed by atoms with E-state index in [-0.39, 0.29) is 0 Å². The minimum absolute atomic E-state index is 0.485. The van der Waals surface area contributed by atoms with Crippen LogP contribution in [0.4, 0.5) is 34.1 Å². The Bertz CT molecular complexity index is 2240. The van der Waals surface area contributed by atoms with Gasteiger partial charge in [0, 0.05) is 45.3 Å². The first-order valence-electron chi connectivity index (χ1n) is 16.3. The Balaban J connectivity index is 1.12. The molecule has 0 aliphatic carbocycles.